The Balaban J connectivity index is 1.67. The molecule has 0 bridgehead atoms. The highest BCUT2D eigenvalue weighted by molar-refractivity contribution is 7.98. The molecule has 1 aromatic carbocycles. The van der Waals surface area contributed by atoms with Gasteiger partial charge in [0.15, 0.2) is 5.16 Å². The van der Waals surface area contributed by atoms with Gasteiger partial charge < -0.3 is 4.57 Å². The van der Waals surface area contributed by atoms with Crippen LogP contribution in [0.1, 0.15) is 11.3 Å². The number of aryl methyl sites for hydroxylation is 1. The largest absolute Gasteiger partial charge is 0.406 e. The van der Waals surface area contributed by atoms with Gasteiger partial charge in [-0.2, -0.15) is 13.2 Å². The third kappa shape index (κ3) is 4.25. The minimum atomic E-state index is -4.39. The van der Waals surface area contributed by atoms with Crippen LogP contribution in [0.5, 0.6) is 0 Å². The number of nitrogens with zero attached hydrogens (tertiary/aromatic N) is 4. The van der Waals surface area contributed by atoms with Gasteiger partial charge in [-0.3, -0.25) is 9.20 Å². The van der Waals surface area contributed by atoms with E-state index < -0.39 is 12.7 Å². The Morgan fingerprint density at radius 1 is 1.10 bits per heavy atom. The molecule has 4 aromatic rings. The second kappa shape index (κ2) is 7.98. The van der Waals surface area contributed by atoms with Crippen molar-refractivity contribution in [1.29, 1.82) is 0 Å². The summed E-state index contributed by atoms with van der Waals surface area (Å²) >= 11 is 1.12. The van der Waals surface area contributed by atoms with Crippen LogP contribution >= 0.6 is 11.8 Å². The minimum absolute atomic E-state index is 0.220. The summed E-state index contributed by atoms with van der Waals surface area (Å²) < 4.78 is 42.2. The van der Waals surface area contributed by atoms with Gasteiger partial charge in [0.1, 0.15) is 12.2 Å². The molecule has 5 nitrogen and oxygen atoms in total. The molecule has 4 rings (SSSR count). The first-order chi connectivity index (χ1) is 14.3. The smallest absolute Gasteiger partial charge is 0.310 e. The van der Waals surface area contributed by atoms with Crippen LogP contribution in [0, 0.1) is 6.92 Å². The number of alkyl halides is 3. The SMILES string of the molecule is Cc1cccn2c(=O)cc(CSc3ncc(-c4ccccc4)n3CC(F)(F)F)nc12. The standard InChI is InChI=1S/C21H17F3N4OS/c1-14-6-5-9-27-18(29)10-16(26-19(14)27)12-30-20-25-11-17(15-7-3-2-4-8-15)28(20)13-21(22,23)24/h2-11H,12-13H2,1H3. The molecule has 0 aliphatic rings. The lowest BCUT2D eigenvalue weighted by molar-refractivity contribution is -0.141. The molecule has 0 saturated carbocycles. The molecule has 154 valence electrons. The molecular formula is C21H17F3N4OS. The molecule has 9 heteroatoms. The van der Waals surface area contributed by atoms with E-state index in [4.69, 9.17) is 0 Å². The maximum absolute atomic E-state index is 13.2. The van der Waals surface area contributed by atoms with E-state index in [2.05, 4.69) is 9.97 Å². The first-order valence-electron chi connectivity index (χ1n) is 9.10. The highest BCUT2D eigenvalue weighted by Gasteiger charge is 2.30. The predicted molar refractivity (Wildman–Crippen MR) is 109 cm³/mol. The van der Waals surface area contributed by atoms with E-state index in [1.165, 1.54) is 16.7 Å². The molecule has 3 aromatic heterocycles. The number of fused-ring (bicyclic) bond motifs is 1. The number of hydrogen-bond acceptors (Lipinski definition) is 4. The van der Waals surface area contributed by atoms with Crippen molar-refractivity contribution >= 4 is 17.4 Å². The Bertz CT molecular complexity index is 1250. The summed E-state index contributed by atoms with van der Waals surface area (Å²) in [5.41, 5.74) is 2.66. The zero-order valence-electron chi connectivity index (χ0n) is 15.9. The third-order valence-corrected chi connectivity index (χ3v) is 5.54. The Hall–Kier alpha value is -3.07. The van der Waals surface area contributed by atoms with Crippen LogP contribution in [0.15, 0.2) is 70.9 Å². The quantitative estimate of drug-likeness (QED) is 0.430. The van der Waals surface area contributed by atoms with Crippen molar-refractivity contribution < 1.29 is 13.2 Å². The first-order valence-corrected chi connectivity index (χ1v) is 10.1. The van der Waals surface area contributed by atoms with E-state index in [9.17, 15) is 18.0 Å². The molecular weight excluding hydrogens is 413 g/mol. The van der Waals surface area contributed by atoms with Crippen molar-refractivity contribution in [2.75, 3.05) is 0 Å². The summed E-state index contributed by atoms with van der Waals surface area (Å²) in [6.07, 6.45) is -1.32. The monoisotopic (exact) mass is 430 g/mol. The Morgan fingerprint density at radius 2 is 1.87 bits per heavy atom. The zero-order chi connectivity index (χ0) is 21.3. The van der Waals surface area contributed by atoms with Gasteiger partial charge in [0.2, 0.25) is 0 Å². The van der Waals surface area contributed by atoms with Gasteiger partial charge >= 0.3 is 6.18 Å². The normalized spacial score (nSPS) is 11.9. The van der Waals surface area contributed by atoms with E-state index in [-0.39, 0.29) is 16.5 Å². The molecule has 0 N–H and O–H groups in total. The van der Waals surface area contributed by atoms with E-state index in [1.54, 1.807) is 42.6 Å². The summed E-state index contributed by atoms with van der Waals surface area (Å²) in [6.45, 7) is 0.702. The average molecular weight is 430 g/mol. The fourth-order valence-corrected chi connectivity index (χ4v) is 4.04. The van der Waals surface area contributed by atoms with Gasteiger partial charge in [-0.1, -0.05) is 48.2 Å². The molecule has 0 radical (unpaired) electrons. The van der Waals surface area contributed by atoms with E-state index in [0.29, 0.717) is 22.6 Å². The molecule has 30 heavy (non-hydrogen) atoms. The summed E-state index contributed by atoms with van der Waals surface area (Å²) in [5, 5.41) is 0.220. The number of halogens is 3. The average Bonchev–Trinajstić information content (AvgIpc) is 3.08. The molecule has 0 amide bonds. The predicted octanol–water partition coefficient (Wildman–Crippen LogP) is 4.72. The number of pyridine rings is 1. The van der Waals surface area contributed by atoms with Crippen LogP contribution in [0.3, 0.4) is 0 Å². The molecule has 0 atom stereocenters. The maximum atomic E-state index is 13.2. The van der Waals surface area contributed by atoms with Gasteiger partial charge in [-0.15, -0.1) is 0 Å². The van der Waals surface area contributed by atoms with E-state index in [1.807, 2.05) is 13.0 Å². The fourth-order valence-electron chi connectivity index (χ4n) is 3.17. The Labute approximate surface area is 174 Å². The van der Waals surface area contributed by atoms with Crippen molar-refractivity contribution in [1.82, 2.24) is 18.9 Å². The molecule has 0 fully saturated rings. The lowest BCUT2D eigenvalue weighted by Crippen LogP contribution is -2.19. The number of hydrogen-bond donors (Lipinski definition) is 0. The lowest BCUT2D eigenvalue weighted by atomic mass is 10.2. The Morgan fingerprint density at radius 3 is 2.60 bits per heavy atom. The van der Waals surface area contributed by atoms with Gasteiger partial charge in [-0.25, -0.2) is 9.97 Å². The highest BCUT2D eigenvalue weighted by atomic mass is 32.2. The van der Waals surface area contributed by atoms with Crippen LogP contribution in [0.2, 0.25) is 0 Å². The number of aromatic nitrogens is 4. The molecule has 0 aliphatic carbocycles. The van der Waals surface area contributed by atoms with E-state index >= 15 is 0 Å². The molecule has 0 aliphatic heterocycles. The van der Waals surface area contributed by atoms with Crippen LogP contribution < -0.4 is 5.56 Å². The second-order valence-electron chi connectivity index (χ2n) is 6.75. The number of benzene rings is 1. The van der Waals surface area contributed by atoms with Crippen molar-refractivity contribution in [3.8, 4) is 11.3 Å². The lowest BCUT2D eigenvalue weighted by Gasteiger charge is -2.14. The van der Waals surface area contributed by atoms with Crippen LogP contribution in [0.4, 0.5) is 13.2 Å². The summed E-state index contributed by atoms with van der Waals surface area (Å²) in [6, 6.07) is 13.8. The van der Waals surface area contributed by atoms with E-state index in [0.717, 1.165) is 21.9 Å². The molecule has 0 saturated heterocycles. The van der Waals surface area contributed by atoms with Crippen molar-refractivity contribution in [3.05, 3.63) is 82.5 Å². The maximum Gasteiger partial charge on any atom is 0.406 e. The second-order valence-corrected chi connectivity index (χ2v) is 7.70. The van der Waals surface area contributed by atoms with Gasteiger partial charge in [0.05, 0.1) is 17.6 Å². The van der Waals surface area contributed by atoms with Crippen molar-refractivity contribution in [2.45, 2.75) is 30.6 Å². The highest BCUT2D eigenvalue weighted by Crippen LogP contribution is 2.31. The Kier molecular flexibility index (Phi) is 5.38. The zero-order valence-corrected chi connectivity index (χ0v) is 16.7. The van der Waals surface area contributed by atoms with Gasteiger partial charge in [0.25, 0.3) is 5.56 Å². The van der Waals surface area contributed by atoms with Crippen molar-refractivity contribution in [3.63, 3.8) is 0 Å². The van der Waals surface area contributed by atoms with Crippen molar-refractivity contribution in [2.24, 2.45) is 0 Å². The van der Waals surface area contributed by atoms with Gasteiger partial charge in [-0.05, 0) is 24.1 Å². The van der Waals surface area contributed by atoms with Crippen LogP contribution in [-0.2, 0) is 12.3 Å². The third-order valence-electron chi connectivity index (χ3n) is 4.51. The fraction of sp³-hybridized carbons (Fsp3) is 0.190. The topological polar surface area (TPSA) is 52.2 Å². The molecule has 0 spiro atoms. The summed E-state index contributed by atoms with van der Waals surface area (Å²) in [5.74, 6) is 0.225. The summed E-state index contributed by atoms with van der Waals surface area (Å²) in [7, 11) is 0. The van der Waals surface area contributed by atoms with Crippen LogP contribution in [-0.4, -0.2) is 25.1 Å². The van der Waals surface area contributed by atoms with Crippen LogP contribution in [0.25, 0.3) is 16.9 Å². The van der Waals surface area contributed by atoms with Gasteiger partial charge in [0, 0.05) is 18.0 Å². The molecule has 0 unspecified atom stereocenters. The number of thioether (sulfide) groups is 1. The number of rotatable bonds is 5. The summed E-state index contributed by atoms with van der Waals surface area (Å²) in [4.78, 5) is 21.1. The molecule has 3 heterocycles. The minimum Gasteiger partial charge on any atom is -0.310 e. The first kappa shape index (κ1) is 20.2. The number of imidazole rings is 1.